The number of piperazine rings is 1. The van der Waals surface area contributed by atoms with Crippen LogP contribution in [-0.2, 0) is 11.8 Å². The number of fused-ring (bicyclic) bond motifs is 1. The van der Waals surface area contributed by atoms with Crippen molar-refractivity contribution < 1.29 is 4.79 Å². The molecule has 7 heteroatoms. The van der Waals surface area contributed by atoms with Gasteiger partial charge in [0.2, 0.25) is 5.91 Å². The molecule has 0 bridgehead atoms. The fourth-order valence-corrected chi connectivity index (χ4v) is 4.82. The van der Waals surface area contributed by atoms with E-state index in [1.807, 2.05) is 40.5 Å². The second-order valence-corrected chi connectivity index (χ2v) is 7.51. The van der Waals surface area contributed by atoms with Crippen molar-refractivity contribution in [3.63, 3.8) is 0 Å². The maximum absolute atomic E-state index is 13.4. The monoisotopic (exact) mass is 378 g/mol. The van der Waals surface area contributed by atoms with Crippen LogP contribution in [0.4, 0.5) is 0 Å². The Hall–Kier alpha value is -1.50. The third-order valence-electron chi connectivity index (χ3n) is 4.94. The summed E-state index contributed by atoms with van der Waals surface area (Å²) in [5.41, 5.74) is 1.19. The molecule has 25 heavy (non-hydrogen) atoms. The van der Waals surface area contributed by atoms with Gasteiger partial charge >= 0.3 is 0 Å². The van der Waals surface area contributed by atoms with E-state index in [4.69, 9.17) is 0 Å². The molecule has 1 saturated heterocycles. The second kappa shape index (κ2) is 7.81. The number of thioether (sulfide) groups is 1. The molecule has 1 aromatic heterocycles. The van der Waals surface area contributed by atoms with Gasteiger partial charge in [0.05, 0.1) is 5.92 Å². The zero-order chi connectivity index (χ0) is 16.5. The van der Waals surface area contributed by atoms with Gasteiger partial charge in [-0.2, -0.15) is 0 Å². The number of rotatable bonds is 2. The van der Waals surface area contributed by atoms with Crippen molar-refractivity contribution in [2.75, 3.05) is 25.4 Å². The normalized spacial score (nSPS) is 22.8. The van der Waals surface area contributed by atoms with Crippen molar-refractivity contribution in [2.45, 2.75) is 23.3 Å². The predicted octanol–water partition coefficient (Wildman–Crippen LogP) is 2.59. The Labute approximate surface area is 158 Å². The minimum absolute atomic E-state index is 0. The Balaban J connectivity index is 0.00000182. The fraction of sp³-hybridized carbons (Fsp3) is 0.444. The van der Waals surface area contributed by atoms with Gasteiger partial charge in [-0.3, -0.25) is 4.79 Å². The number of hydrogen-bond donors (Lipinski definition) is 1. The number of imidazole rings is 1. The van der Waals surface area contributed by atoms with Crippen LogP contribution in [0, 0.1) is 0 Å². The molecule has 134 valence electrons. The molecule has 1 fully saturated rings. The third kappa shape index (κ3) is 3.43. The standard InChI is InChI=1S/C18H22N4OS.ClH/c1-21-9-8-20-17(21)15-12-19-7-10-22(15)18(23)14-6-11-24-16-5-3-2-4-13(14)16;/h2-5,8-9,14-15,19H,6-7,10-12H2,1H3;1H. The molecule has 5 nitrogen and oxygen atoms in total. The van der Waals surface area contributed by atoms with Gasteiger partial charge in [0.25, 0.3) is 0 Å². The number of aromatic nitrogens is 2. The van der Waals surface area contributed by atoms with Crippen LogP contribution in [0.15, 0.2) is 41.6 Å². The lowest BCUT2D eigenvalue weighted by atomic mass is 9.93. The summed E-state index contributed by atoms with van der Waals surface area (Å²) in [6, 6.07) is 8.35. The summed E-state index contributed by atoms with van der Waals surface area (Å²) in [6.45, 7) is 2.34. The lowest BCUT2D eigenvalue weighted by Gasteiger charge is -2.38. The lowest BCUT2D eigenvalue weighted by Crippen LogP contribution is -2.51. The highest BCUT2D eigenvalue weighted by molar-refractivity contribution is 7.99. The van der Waals surface area contributed by atoms with E-state index in [2.05, 4.69) is 28.5 Å². The molecule has 4 rings (SSSR count). The van der Waals surface area contributed by atoms with E-state index in [-0.39, 0.29) is 30.3 Å². The Morgan fingerprint density at radius 2 is 2.20 bits per heavy atom. The van der Waals surface area contributed by atoms with Gasteiger partial charge in [-0.15, -0.1) is 24.2 Å². The summed E-state index contributed by atoms with van der Waals surface area (Å²) in [6.07, 6.45) is 4.66. The van der Waals surface area contributed by atoms with Crippen LogP contribution < -0.4 is 5.32 Å². The summed E-state index contributed by atoms with van der Waals surface area (Å²) in [4.78, 5) is 21.2. The van der Waals surface area contributed by atoms with Crippen LogP contribution >= 0.6 is 24.2 Å². The van der Waals surface area contributed by atoms with Gasteiger partial charge in [-0.25, -0.2) is 4.98 Å². The van der Waals surface area contributed by atoms with Crippen LogP contribution in [0.1, 0.15) is 29.8 Å². The van der Waals surface area contributed by atoms with Gasteiger partial charge in [-0.1, -0.05) is 18.2 Å². The Bertz CT molecular complexity index is 750. The first-order chi connectivity index (χ1) is 11.8. The van der Waals surface area contributed by atoms with Crippen molar-refractivity contribution in [3.05, 3.63) is 48.0 Å². The van der Waals surface area contributed by atoms with E-state index in [1.54, 1.807) is 6.20 Å². The zero-order valence-corrected chi connectivity index (χ0v) is 15.9. The fourth-order valence-electron chi connectivity index (χ4n) is 3.70. The summed E-state index contributed by atoms with van der Waals surface area (Å²) in [7, 11) is 1.99. The van der Waals surface area contributed by atoms with E-state index in [1.165, 1.54) is 10.5 Å². The average Bonchev–Trinajstić information content (AvgIpc) is 3.06. The number of hydrogen-bond acceptors (Lipinski definition) is 4. The highest BCUT2D eigenvalue weighted by Crippen LogP contribution is 2.39. The van der Waals surface area contributed by atoms with E-state index in [9.17, 15) is 4.79 Å². The molecule has 0 spiro atoms. The Morgan fingerprint density at radius 3 is 3.00 bits per heavy atom. The van der Waals surface area contributed by atoms with Crippen molar-refractivity contribution in [1.29, 1.82) is 0 Å². The first kappa shape index (κ1) is 18.3. The topological polar surface area (TPSA) is 50.2 Å². The van der Waals surface area contributed by atoms with Gasteiger partial charge in [-0.05, 0) is 23.8 Å². The van der Waals surface area contributed by atoms with E-state index in [0.717, 1.165) is 37.6 Å². The van der Waals surface area contributed by atoms with Crippen LogP contribution in [0.3, 0.4) is 0 Å². The van der Waals surface area contributed by atoms with Crippen LogP contribution in [0.2, 0.25) is 0 Å². The summed E-state index contributed by atoms with van der Waals surface area (Å²) in [5, 5.41) is 3.41. The quantitative estimate of drug-likeness (QED) is 0.872. The first-order valence-electron chi connectivity index (χ1n) is 8.46. The van der Waals surface area contributed by atoms with Gasteiger partial charge < -0.3 is 14.8 Å². The summed E-state index contributed by atoms with van der Waals surface area (Å²) in [5.74, 6) is 2.18. The Morgan fingerprint density at radius 1 is 1.36 bits per heavy atom. The predicted molar refractivity (Wildman–Crippen MR) is 102 cm³/mol. The van der Waals surface area contributed by atoms with Gasteiger partial charge in [0.1, 0.15) is 11.9 Å². The molecule has 3 heterocycles. The van der Waals surface area contributed by atoms with Crippen molar-refractivity contribution >= 4 is 30.1 Å². The first-order valence-corrected chi connectivity index (χ1v) is 9.44. The SMILES string of the molecule is Cl.Cn1ccnc1C1CNCCN1C(=O)C1CCSc2ccccc21. The summed E-state index contributed by atoms with van der Waals surface area (Å²) < 4.78 is 2.02. The van der Waals surface area contributed by atoms with Crippen LogP contribution in [0.25, 0.3) is 0 Å². The molecular weight excluding hydrogens is 356 g/mol. The Kier molecular flexibility index (Phi) is 5.71. The molecule has 2 aromatic rings. The second-order valence-electron chi connectivity index (χ2n) is 6.38. The highest BCUT2D eigenvalue weighted by Gasteiger charge is 2.36. The number of aryl methyl sites for hydroxylation is 1. The summed E-state index contributed by atoms with van der Waals surface area (Å²) >= 11 is 1.86. The number of benzene rings is 1. The molecule has 2 unspecified atom stereocenters. The molecule has 1 N–H and O–H groups in total. The van der Waals surface area contributed by atoms with Crippen LogP contribution in [-0.4, -0.2) is 45.7 Å². The number of nitrogens with zero attached hydrogens (tertiary/aromatic N) is 3. The molecule has 2 aliphatic heterocycles. The van der Waals surface area contributed by atoms with Crippen molar-refractivity contribution in [3.8, 4) is 0 Å². The zero-order valence-electron chi connectivity index (χ0n) is 14.2. The van der Waals surface area contributed by atoms with Crippen molar-refractivity contribution in [2.24, 2.45) is 7.05 Å². The number of amides is 1. The average molecular weight is 379 g/mol. The maximum atomic E-state index is 13.4. The van der Waals surface area contributed by atoms with E-state index in [0.29, 0.717) is 0 Å². The van der Waals surface area contributed by atoms with Crippen LogP contribution in [0.5, 0.6) is 0 Å². The minimum Gasteiger partial charge on any atom is -0.336 e. The number of carbonyl (C=O) groups is 1. The third-order valence-corrected chi connectivity index (χ3v) is 6.06. The van der Waals surface area contributed by atoms with Crippen molar-refractivity contribution in [1.82, 2.24) is 19.8 Å². The maximum Gasteiger partial charge on any atom is 0.230 e. The molecular formula is C18H23ClN4OS. The lowest BCUT2D eigenvalue weighted by molar-refractivity contribution is -0.136. The smallest absolute Gasteiger partial charge is 0.230 e. The molecule has 1 amide bonds. The highest BCUT2D eigenvalue weighted by atomic mass is 35.5. The minimum atomic E-state index is -0.0247. The van der Waals surface area contributed by atoms with Gasteiger partial charge in [0.15, 0.2) is 0 Å². The number of halogens is 1. The van der Waals surface area contributed by atoms with Gasteiger partial charge in [0, 0.05) is 44.0 Å². The molecule has 0 aliphatic carbocycles. The molecule has 0 saturated carbocycles. The molecule has 2 atom stereocenters. The molecule has 1 aromatic carbocycles. The largest absolute Gasteiger partial charge is 0.336 e. The molecule has 2 aliphatic rings. The number of nitrogens with one attached hydrogen (secondary N) is 1. The number of carbonyl (C=O) groups excluding carboxylic acids is 1. The molecule has 0 radical (unpaired) electrons. The van der Waals surface area contributed by atoms with E-state index < -0.39 is 0 Å². The van der Waals surface area contributed by atoms with E-state index >= 15 is 0 Å².